The molecule has 1 aliphatic heterocycles. The van der Waals surface area contributed by atoms with Crippen LogP contribution in [-0.2, 0) is 14.3 Å². The fourth-order valence-corrected chi connectivity index (χ4v) is 2.79. The molecule has 1 heterocycles. The highest BCUT2D eigenvalue weighted by molar-refractivity contribution is 5.96. The molecule has 1 aliphatic rings. The van der Waals surface area contributed by atoms with Gasteiger partial charge in [-0.25, -0.2) is 9.69 Å². The molecule has 1 aromatic rings. The molecule has 0 aromatic heterocycles. The summed E-state index contributed by atoms with van der Waals surface area (Å²) in [5.41, 5.74) is 3.94. The van der Waals surface area contributed by atoms with Crippen LogP contribution in [0.15, 0.2) is 12.1 Å². The van der Waals surface area contributed by atoms with E-state index in [1.54, 1.807) is 11.9 Å². The first-order valence-electron chi connectivity index (χ1n) is 7.81. The lowest BCUT2D eigenvalue weighted by molar-refractivity contribution is -0.129. The third kappa shape index (κ3) is 4.32. The van der Waals surface area contributed by atoms with E-state index >= 15 is 0 Å². The number of anilines is 1. The molecule has 0 spiro atoms. The molecule has 0 aliphatic carbocycles. The first kappa shape index (κ1) is 17.9. The molecule has 7 heteroatoms. The van der Waals surface area contributed by atoms with Crippen LogP contribution in [-0.4, -0.2) is 61.0 Å². The predicted molar refractivity (Wildman–Crippen MR) is 89.8 cm³/mol. The van der Waals surface area contributed by atoms with Crippen molar-refractivity contribution >= 4 is 23.6 Å². The molecule has 130 valence electrons. The standard InChI is InChI=1S/C17H23N3O4/c1-11-7-12(2)16(13(3)8-11)18-14(21)9-19(4)10-15(22)20-5-6-24-17(20)23/h7-8H,5-6,9-10H2,1-4H3,(H,18,21). The number of cyclic esters (lactones) is 1. The number of hydrogen-bond donors (Lipinski definition) is 1. The van der Waals surface area contributed by atoms with E-state index < -0.39 is 6.09 Å². The molecule has 0 bridgehead atoms. The van der Waals surface area contributed by atoms with E-state index in [1.807, 2.05) is 32.9 Å². The quantitative estimate of drug-likeness (QED) is 0.882. The van der Waals surface area contributed by atoms with E-state index in [4.69, 9.17) is 4.74 Å². The van der Waals surface area contributed by atoms with Gasteiger partial charge < -0.3 is 10.1 Å². The Bertz CT molecular complexity index is 649. The van der Waals surface area contributed by atoms with Crippen LogP contribution in [0.3, 0.4) is 0 Å². The van der Waals surface area contributed by atoms with Gasteiger partial charge in [-0.05, 0) is 38.9 Å². The zero-order valence-electron chi connectivity index (χ0n) is 14.5. The van der Waals surface area contributed by atoms with Crippen LogP contribution in [0.5, 0.6) is 0 Å². The number of ether oxygens (including phenoxy) is 1. The Morgan fingerprint density at radius 1 is 1.21 bits per heavy atom. The lowest BCUT2D eigenvalue weighted by atomic mass is 10.1. The molecule has 3 amide bonds. The summed E-state index contributed by atoms with van der Waals surface area (Å²) in [5, 5.41) is 2.89. The highest BCUT2D eigenvalue weighted by atomic mass is 16.6. The Balaban J connectivity index is 1.90. The maximum absolute atomic E-state index is 12.2. The van der Waals surface area contributed by atoms with Crippen molar-refractivity contribution in [3.05, 3.63) is 28.8 Å². The van der Waals surface area contributed by atoms with Crippen LogP contribution in [0.2, 0.25) is 0 Å². The summed E-state index contributed by atoms with van der Waals surface area (Å²) < 4.78 is 4.73. The Hall–Kier alpha value is -2.41. The Morgan fingerprint density at radius 3 is 2.38 bits per heavy atom. The van der Waals surface area contributed by atoms with Crippen molar-refractivity contribution in [3.63, 3.8) is 0 Å². The minimum Gasteiger partial charge on any atom is -0.447 e. The minimum absolute atomic E-state index is 0.0195. The van der Waals surface area contributed by atoms with Gasteiger partial charge >= 0.3 is 6.09 Å². The average Bonchev–Trinajstić information content (AvgIpc) is 2.88. The first-order chi connectivity index (χ1) is 11.3. The molecule has 0 radical (unpaired) electrons. The number of aryl methyl sites for hydroxylation is 3. The molecule has 0 unspecified atom stereocenters. The van der Waals surface area contributed by atoms with Crippen LogP contribution >= 0.6 is 0 Å². The molecule has 0 saturated carbocycles. The maximum Gasteiger partial charge on any atom is 0.416 e. The van der Waals surface area contributed by atoms with Gasteiger partial charge in [0.25, 0.3) is 0 Å². The zero-order valence-corrected chi connectivity index (χ0v) is 14.5. The normalized spacial score (nSPS) is 14.0. The number of rotatable bonds is 5. The summed E-state index contributed by atoms with van der Waals surface area (Å²) in [6, 6.07) is 4.02. The van der Waals surface area contributed by atoms with E-state index in [0.29, 0.717) is 0 Å². The molecule has 7 nitrogen and oxygen atoms in total. The number of carbonyl (C=O) groups is 3. The number of amides is 3. The van der Waals surface area contributed by atoms with Gasteiger partial charge in [0.1, 0.15) is 6.61 Å². The number of carbonyl (C=O) groups excluding carboxylic acids is 3. The average molecular weight is 333 g/mol. The zero-order chi connectivity index (χ0) is 17.9. The molecule has 1 fully saturated rings. The van der Waals surface area contributed by atoms with E-state index in [-0.39, 0.29) is 38.1 Å². The first-order valence-corrected chi connectivity index (χ1v) is 7.81. The SMILES string of the molecule is Cc1cc(C)c(NC(=O)CN(C)CC(=O)N2CCOC2=O)c(C)c1. The van der Waals surface area contributed by atoms with Gasteiger partial charge in [-0.1, -0.05) is 17.7 Å². The minimum atomic E-state index is -0.622. The highest BCUT2D eigenvalue weighted by Gasteiger charge is 2.29. The summed E-state index contributed by atoms with van der Waals surface area (Å²) in [5.74, 6) is -0.570. The topological polar surface area (TPSA) is 79.0 Å². The second-order valence-electron chi connectivity index (χ2n) is 6.15. The third-order valence-electron chi connectivity index (χ3n) is 3.82. The number of imide groups is 1. The molecular formula is C17H23N3O4. The summed E-state index contributed by atoms with van der Waals surface area (Å²) in [7, 11) is 1.66. The van der Waals surface area contributed by atoms with Crippen molar-refractivity contribution in [1.29, 1.82) is 0 Å². The Kier molecular flexibility index (Phi) is 5.56. The van der Waals surface area contributed by atoms with Crippen molar-refractivity contribution in [2.45, 2.75) is 20.8 Å². The van der Waals surface area contributed by atoms with Crippen molar-refractivity contribution in [2.24, 2.45) is 0 Å². The number of likely N-dealkylation sites (N-methyl/N-ethyl adjacent to an activating group) is 1. The maximum atomic E-state index is 12.2. The van der Waals surface area contributed by atoms with Crippen molar-refractivity contribution < 1.29 is 19.1 Å². The summed E-state index contributed by atoms with van der Waals surface area (Å²) in [6.07, 6.45) is -0.622. The Labute approximate surface area is 141 Å². The summed E-state index contributed by atoms with van der Waals surface area (Å²) in [6.45, 7) is 6.42. The van der Waals surface area contributed by atoms with E-state index in [9.17, 15) is 14.4 Å². The fraction of sp³-hybridized carbons (Fsp3) is 0.471. The molecule has 1 saturated heterocycles. The van der Waals surface area contributed by atoms with Gasteiger partial charge in [0.05, 0.1) is 19.6 Å². The van der Waals surface area contributed by atoms with Crippen LogP contribution in [0.4, 0.5) is 10.5 Å². The van der Waals surface area contributed by atoms with Gasteiger partial charge in [-0.2, -0.15) is 0 Å². The smallest absolute Gasteiger partial charge is 0.416 e. The molecule has 1 aromatic carbocycles. The van der Waals surface area contributed by atoms with Gasteiger partial charge in [0.2, 0.25) is 11.8 Å². The summed E-state index contributed by atoms with van der Waals surface area (Å²) >= 11 is 0. The number of nitrogens with zero attached hydrogens (tertiary/aromatic N) is 2. The molecule has 24 heavy (non-hydrogen) atoms. The van der Waals surface area contributed by atoms with Crippen LogP contribution < -0.4 is 5.32 Å². The summed E-state index contributed by atoms with van der Waals surface area (Å²) in [4.78, 5) is 38.2. The van der Waals surface area contributed by atoms with Crippen LogP contribution in [0.25, 0.3) is 0 Å². The lowest BCUT2D eigenvalue weighted by Gasteiger charge is -2.19. The number of nitrogens with one attached hydrogen (secondary N) is 1. The van der Waals surface area contributed by atoms with Crippen LogP contribution in [0.1, 0.15) is 16.7 Å². The van der Waals surface area contributed by atoms with Crippen molar-refractivity contribution in [3.8, 4) is 0 Å². The molecular weight excluding hydrogens is 310 g/mol. The lowest BCUT2D eigenvalue weighted by Crippen LogP contribution is -2.41. The second-order valence-corrected chi connectivity index (χ2v) is 6.15. The fourth-order valence-electron chi connectivity index (χ4n) is 2.79. The second kappa shape index (κ2) is 7.44. The highest BCUT2D eigenvalue weighted by Crippen LogP contribution is 2.21. The molecule has 1 N–H and O–H groups in total. The van der Waals surface area contributed by atoms with Crippen molar-refractivity contribution in [1.82, 2.24) is 9.80 Å². The van der Waals surface area contributed by atoms with Gasteiger partial charge in [0, 0.05) is 5.69 Å². The molecule has 0 atom stereocenters. The largest absolute Gasteiger partial charge is 0.447 e. The monoisotopic (exact) mass is 333 g/mol. The van der Waals surface area contributed by atoms with Gasteiger partial charge in [-0.15, -0.1) is 0 Å². The molecule has 2 rings (SSSR count). The van der Waals surface area contributed by atoms with Gasteiger partial charge in [0.15, 0.2) is 0 Å². The number of hydrogen-bond acceptors (Lipinski definition) is 5. The third-order valence-corrected chi connectivity index (χ3v) is 3.82. The van der Waals surface area contributed by atoms with Crippen molar-refractivity contribution in [2.75, 3.05) is 38.6 Å². The number of benzene rings is 1. The Morgan fingerprint density at radius 2 is 1.83 bits per heavy atom. The van der Waals surface area contributed by atoms with Gasteiger partial charge in [-0.3, -0.25) is 14.5 Å². The van der Waals surface area contributed by atoms with E-state index in [1.165, 1.54) is 0 Å². The van der Waals surface area contributed by atoms with E-state index in [2.05, 4.69) is 5.32 Å². The predicted octanol–water partition coefficient (Wildman–Crippen LogP) is 1.46. The van der Waals surface area contributed by atoms with Crippen LogP contribution in [0, 0.1) is 20.8 Å². The van der Waals surface area contributed by atoms with E-state index in [0.717, 1.165) is 27.3 Å².